The summed E-state index contributed by atoms with van der Waals surface area (Å²) in [5.74, 6) is 0.746. The van der Waals surface area contributed by atoms with E-state index in [9.17, 15) is 9.90 Å². The van der Waals surface area contributed by atoms with Gasteiger partial charge in [0, 0.05) is 6.54 Å². The molecule has 1 radical (unpaired) electrons. The van der Waals surface area contributed by atoms with E-state index in [1.165, 1.54) is 4.90 Å². The first-order valence-corrected chi connectivity index (χ1v) is 7.39. The number of methoxy groups -OCH3 is 1. The predicted molar refractivity (Wildman–Crippen MR) is 85.6 cm³/mol. The van der Waals surface area contributed by atoms with Gasteiger partial charge < -0.3 is 14.4 Å². The van der Waals surface area contributed by atoms with Crippen LogP contribution >= 0.6 is 0 Å². The first-order valence-electron chi connectivity index (χ1n) is 7.39. The monoisotopic (exact) mass is 314 g/mol. The average molecular weight is 314 g/mol. The highest BCUT2D eigenvalue weighted by molar-refractivity contribution is 5.67. The van der Waals surface area contributed by atoms with Crippen LogP contribution in [0.3, 0.4) is 0 Å². The third-order valence-electron chi connectivity index (χ3n) is 3.36. The Balaban J connectivity index is 1.94. The van der Waals surface area contributed by atoms with Gasteiger partial charge in [0.15, 0.2) is 0 Å². The minimum atomic E-state index is -0.486. The SMILES string of the molecule is COc1ccc(CN(CC[O])C(=O)OCc2ccccc2)cc1. The second-order valence-electron chi connectivity index (χ2n) is 5.01. The van der Waals surface area contributed by atoms with E-state index in [0.29, 0.717) is 6.54 Å². The maximum absolute atomic E-state index is 12.2. The molecule has 0 aliphatic rings. The molecular formula is C18H20NO4. The zero-order valence-corrected chi connectivity index (χ0v) is 13.1. The summed E-state index contributed by atoms with van der Waals surface area (Å²) in [7, 11) is 1.60. The van der Waals surface area contributed by atoms with Crippen molar-refractivity contribution in [3.05, 3.63) is 65.7 Å². The summed E-state index contributed by atoms with van der Waals surface area (Å²) in [4.78, 5) is 13.6. The lowest BCUT2D eigenvalue weighted by molar-refractivity contribution is 0.0771. The topological polar surface area (TPSA) is 58.7 Å². The summed E-state index contributed by atoms with van der Waals surface area (Å²) >= 11 is 0. The van der Waals surface area contributed by atoms with Gasteiger partial charge in [0.05, 0.1) is 20.3 Å². The van der Waals surface area contributed by atoms with Gasteiger partial charge in [0.1, 0.15) is 12.4 Å². The van der Waals surface area contributed by atoms with E-state index in [-0.39, 0.29) is 19.8 Å². The molecule has 2 aromatic carbocycles. The second kappa shape index (κ2) is 8.80. The molecule has 0 atom stereocenters. The highest BCUT2D eigenvalue weighted by Crippen LogP contribution is 2.14. The zero-order chi connectivity index (χ0) is 16.5. The first kappa shape index (κ1) is 16.8. The largest absolute Gasteiger partial charge is 0.497 e. The van der Waals surface area contributed by atoms with E-state index in [1.54, 1.807) is 7.11 Å². The van der Waals surface area contributed by atoms with Gasteiger partial charge in [-0.1, -0.05) is 42.5 Å². The summed E-state index contributed by atoms with van der Waals surface area (Å²) in [6.07, 6.45) is -0.486. The van der Waals surface area contributed by atoms with E-state index in [1.807, 2.05) is 54.6 Å². The van der Waals surface area contributed by atoms with Crippen LogP contribution in [0.25, 0.3) is 0 Å². The lowest BCUT2D eigenvalue weighted by Crippen LogP contribution is -2.33. The fourth-order valence-electron chi connectivity index (χ4n) is 2.11. The number of ether oxygens (including phenoxy) is 2. The van der Waals surface area contributed by atoms with Gasteiger partial charge in [-0.25, -0.2) is 9.90 Å². The maximum Gasteiger partial charge on any atom is 0.410 e. The quantitative estimate of drug-likeness (QED) is 0.788. The summed E-state index contributed by atoms with van der Waals surface area (Å²) < 4.78 is 10.4. The third kappa shape index (κ3) is 5.30. The van der Waals surface area contributed by atoms with E-state index < -0.39 is 6.09 Å². The number of rotatable bonds is 7. The summed E-state index contributed by atoms with van der Waals surface area (Å²) in [6.45, 7) is 0.272. The third-order valence-corrected chi connectivity index (χ3v) is 3.36. The van der Waals surface area contributed by atoms with Crippen molar-refractivity contribution < 1.29 is 19.4 Å². The Bertz CT molecular complexity index is 598. The van der Waals surface area contributed by atoms with Crippen LogP contribution in [0.15, 0.2) is 54.6 Å². The predicted octanol–water partition coefficient (Wildman–Crippen LogP) is 3.26. The molecule has 0 aliphatic heterocycles. The lowest BCUT2D eigenvalue weighted by Gasteiger charge is -2.21. The molecule has 1 amide bonds. The minimum absolute atomic E-state index is 0.111. The molecule has 0 unspecified atom stereocenters. The Kier molecular flexibility index (Phi) is 6.44. The van der Waals surface area contributed by atoms with Gasteiger partial charge in [0.25, 0.3) is 0 Å². The van der Waals surface area contributed by atoms with Crippen molar-refractivity contribution >= 4 is 6.09 Å². The lowest BCUT2D eigenvalue weighted by atomic mass is 10.2. The summed E-state index contributed by atoms with van der Waals surface area (Å²) in [5, 5.41) is 10.9. The van der Waals surface area contributed by atoms with Crippen LogP contribution in [0.1, 0.15) is 11.1 Å². The normalized spacial score (nSPS) is 10.2. The molecule has 0 N–H and O–H groups in total. The maximum atomic E-state index is 12.2. The highest BCUT2D eigenvalue weighted by atomic mass is 16.6. The van der Waals surface area contributed by atoms with Crippen LogP contribution < -0.4 is 4.74 Å². The van der Waals surface area contributed by atoms with Gasteiger partial charge in [-0.05, 0) is 23.3 Å². The second-order valence-corrected chi connectivity index (χ2v) is 5.01. The van der Waals surface area contributed by atoms with Crippen LogP contribution in [0, 0.1) is 0 Å². The van der Waals surface area contributed by atoms with Gasteiger partial charge >= 0.3 is 6.09 Å². The molecule has 5 nitrogen and oxygen atoms in total. The highest BCUT2D eigenvalue weighted by Gasteiger charge is 2.15. The summed E-state index contributed by atoms with van der Waals surface area (Å²) in [5.41, 5.74) is 1.82. The molecule has 5 heteroatoms. The Morgan fingerprint density at radius 3 is 2.30 bits per heavy atom. The van der Waals surface area contributed by atoms with Crippen molar-refractivity contribution in [3.63, 3.8) is 0 Å². The van der Waals surface area contributed by atoms with Crippen LogP contribution in [0.2, 0.25) is 0 Å². The fraction of sp³-hybridized carbons (Fsp3) is 0.278. The Labute approximate surface area is 136 Å². The molecule has 0 fully saturated rings. The Hall–Kier alpha value is -2.53. The van der Waals surface area contributed by atoms with E-state index in [0.717, 1.165) is 16.9 Å². The van der Waals surface area contributed by atoms with Crippen LogP contribution in [0.5, 0.6) is 5.75 Å². The van der Waals surface area contributed by atoms with Crippen molar-refractivity contribution in [2.75, 3.05) is 20.3 Å². The van der Waals surface area contributed by atoms with E-state index in [4.69, 9.17) is 9.47 Å². The average Bonchev–Trinajstić information content (AvgIpc) is 2.61. The molecule has 121 valence electrons. The molecule has 0 saturated carbocycles. The van der Waals surface area contributed by atoms with Crippen molar-refractivity contribution in [2.24, 2.45) is 0 Å². The number of benzene rings is 2. The number of amides is 1. The molecule has 2 aromatic rings. The number of carbonyl (C=O) groups is 1. The first-order chi connectivity index (χ1) is 11.2. The van der Waals surface area contributed by atoms with Crippen LogP contribution in [-0.2, 0) is 23.0 Å². The number of hydrogen-bond donors (Lipinski definition) is 0. The van der Waals surface area contributed by atoms with Gasteiger partial charge in [-0.2, -0.15) is 0 Å². The smallest absolute Gasteiger partial charge is 0.410 e. The number of carbonyl (C=O) groups excluding carboxylic acids is 1. The Morgan fingerprint density at radius 1 is 1.00 bits per heavy atom. The van der Waals surface area contributed by atoms with Gasteiger partial charge in [0.2, 0.25) is 0 Å². The van der Waals surface area contributed by atoms with Crippen molar-refractivity contribution in [1.29, 1.82) is 0 Å². The van der Waals surface area contributed by atoms with Gasteiger partial charge in [-0.15, -0.1) is 0 Å². The van der Waals surface area contributed by atoms with Crippen molar-refractivity contribution in [1.82, 2.24) is 4.90 Å². The fourth-order valence-corrected chi connectivity index (χ4v) is 2.11. The minimum Gasteiger partial charge on any atom is -0.497 e. The zero-order valence-electron chi connectivity index (χ0n) is 13.1. The van der Waals surface area contributed by atoms with E-state index in [2.05, 4.69) is 0 Å². The number of nitrogens with zero attached hydrogens (tertiary/aromatic N) is 1. The molecule has 0 aromatic heterocycles. The molecule has 23 heavy (non-hydrogen) atoms. The molecular weight excluding hydrogens is 294 g/mol. The van der Waals surface area contributed by atoms with E-state index >= 15 is 0 Å². The van der Waals surface area contributed by atoms with Gasteiger partial charge in [-0.3, -0.25) is 0 Å². The molecule has 0 aliphatic carbocycles. The molecule has 0 bridgehead atoms. The molecule has 0 spiro atoms. The van der Waals surface area contributed by atoms with Crippen LogP contribution in [0.4, 0.5) is 4.79 Å². The number of hydrogen-bond acceptors (Lipinski definition) is 3. The van der Waals surface area contributed by atoms with Crippen LogP contribution in [-0.4, -0.2) is 31.3 Å². The molecule has 0 saturated heterocycles. The molecule has 0 heterocycles. The standard InChI is InChI=1S/C18H20NO4/c1-22-17-9-7-15(8-10-17)13-19(11-12-20)18(21)23-14-16-5-3-2-4-6-16/h2-10H,11-14H2,1H3. The van der Waals surface area contributed by atoms with Crippen molar-refractivity contribution in [3.8, 4) is 5.75 Å². The summed E-state index contributed by atoms with van der Waals surface area (Å²) in [6, 6.07) is 16.8. The van der Waals surface area contributed by atoms with Crippen molar-refractivity contribution in [2.45, 2.75) is 13.2 Å². The Morgan fingerprint density at radius 2 is 1.70 bits per heavy atom. The molecule has 2 rings (SSSR count).